The van der Waals surface area contributed by atoms with Gasteiger partial charge in [0, 0.05) is 71.5 Å². The van der Waals surface area contributed by atoms with Gasteiger partial charge >= 0.3 is 0 Å². The number of anilines is 1. The molecule has 5 aromatic rings. The van der Waals surface area contributed by atoms with Crippen molar-refractivity contribution in [1.29, 1.82) is 5.26 Å². The molecule has 0 spiro atoms. The smallest absolute Gasteiger partial charge is 0.254 e. The third kappa shape index (κ3) is 4.92. The standard InChI is InChI=1S/C35H31N5O2/c1-23-21-39(22-24(2)40(23)35(41)28-15-17-37-18-16-28)29-13-11-27(12-14-29)32-20-38-33-30(5-4-6-31(33)34(32)42-3)26-9-7-25(19-36)8-10-26/h4-18,20,23-24H,21-22H2,1-3H3/t23-,24+. The lowest BCUT2D eigenvalue weighted by molar-refractivity contribution is 0.0574. The molecule has 3 heterocycles. The zero-order chi connectivity index (χ0) is 29.2. The maximum atomic E-state index is 13.2. The number of benzene rings is 3. The highest BCUT2D eigenvalue weighted by Gasteiger charge is 2.33. The van der Waals surface area contributed by atoms with Crippen molar-refractivity contribution in [1.82, 2.24) is 14.9 Å². The summed E-state index contributed by atoms with van der Waals surface area (Å²) >= 11 is 0. The van der Waals surface area contributed by atoms with Crippen LogP contribution in [0.15, 0.2) is 97.5 Å². The highest BCUT2D eigenvalue weighted by Crippen LogP contribution is 2.39. The Morgan fingerprint density at radius 2 is 1.52 bits per heavy atom. The third-order valence-electron chi connectivity index (χ3n) is 8.00. The van der Waals surface area contributed by atoms with E-state index in [0.717, 1.165) is 57.7 Å². The van der Waals surface area contributed by atoms with Crippen LogP contribution in [0, 0.1) is 11.3 Å². The second-order valence-electron chi connectivity index (χ2n) is 10.7. The molecule has 0 N–H and O–H groups in total. The van der Waals surface area contributed by atoms with E-state index < -0.39 is 0 Å². The van der Waals surface area contributed by atoms with Crippen molar-refractivity contribution in [3.8, 4) is 34.1 Å². The lowest BCUT2D eigenvalue weighted by Crippen LogP contribution is -2.58. The molecule has 0 unspecified atom stereocenters. The van der Waals surface area contributed by atoms with Crippen molar-refractivity contribution in [2.24, 2.45) is 0 Å². The summed E-state index contributed by atoms with van der Waals surface area (Å²) in [5.74, 6) is 0.819. The SMILES string of the molecule is COc1c(-c2ccc(N3C[C@@H](C)N(C(=O)c4ccncc4)[C@@H](C)C3)cc2)cnc2c(-c3ccc(C#N)cc3)cccc12. The number of pyridine rings is 2. The molecule has 208 valence electrons. The van der Waals surface area contributed by atoms with E-state index in [4.69, 9.17) is 15.0 Å². The van der Waals surface area contributed by atoms with Gasteiger partial charge in [-0.15, -0.1) is 0 Å². The number of amides is 1. The molecule has 1 aliphatic heterocycles. The largest absolute Gasteiger partial charge is 0.495 e. The zero-order valence-electron chi connectivity index (χ0n) is 23.9. The van der Waals surface area contributed by atoms with E-state index in [1.807, 2.05) is 53.6 Å². The average molecular weight is 554 g/mol. The Kier molecular flexibility index (Phi) is 7.28. The first kappa shape index (κ1) is 27.0. The van der Waals surface area contributed by atoms with Crippen molar-refractivity contribution < 1.29 is 9.53 Å². The van der Waals surface area contributed by atoms with Gasteiger partial charge in [-0.25, -0.2) is 0 Å². The van der Waals surface area contributed by atoms with Gasteiger partial charge in [-0.05, 0) is 67.4 Å². The number of hydrogen-bond acceptors (Lipinski definition) is 6. The van der Waals surface area contributed by atoms with E-state index in [-0.39, 0.29) is 18.0 Å². The molecule has 7 heteroatoms. The molecule has 1 amide bonds. The van der Waals surface area contributed by atoms with E-state index in [2.05, 4.69) is 54.1 Å². The number of ether oxygens (including phenoxy) is 1. The molecule has 0 radical (unpaired) electrons. The minimum atomic E-state index is 0.0469. The second kappa shape index (κ2) is 11.3. The van der Waals surface area contributed by atoms with Gasteiger partial charge in [0.1, 0.15) is 5.75 Å². The molecular weight excluding hydrogens is 522 g/mol. The van der Waals surface area contributed by atoms with Crippen LogP contribution in [-0.4, -0.2) is 53.1 Å². The van der Waals surface area contributed by atoms with Crippen LogP contribution in [0.5, 0.6) is 5.75 Å². The van der Waals surface area contributed by atoms with Gasteiger partial charge in [-0.3, -0.25) is 14.8 Å². The summed E-state index contributed by atoms with van der Waals surface area (Å²) in [6.07, 6.45) is 5.19. The molecule has 1 fully saturated rings. The van der Waals surface area contributed by atoms with Crippen molar-refractivity contribution in [3.63, 3.8) is 0 Å². The monoisotopic (exact) mass is 553 g/mol. The number of nitriles is 1. The number of para-hydroxylation sites is 1. The van der Waals surface area contributed by atoms with Crippen LogP contribution in [0.4, 0.5) is 5.69 Å². The first-order valence-corrected chi connectivity index (χ1v) is 14.0. The number of carbonyl (C=O) groups excluding carboxylic acids is 1. The van der Waals surface area contributed by atoms with Crippen LogP contribution >= 0.6 is 0 Å². The summed E-state index contributed by atoms with van der Waals surface area (Å²) < 4.78 is 5.95. The molecule has 6 rings (SSSR count). The lowest BCUT2D eigenvalue weighted by atomic mass is 9.97. The lowest BCUT2D eigenvalue weighted by Gasteiger charge is -2.45. The predicted molar refractivity (Wildman–Crippen MR) is 165 cm³/mol. The van der Waals surface area contributed by atoms with Gasteiger partial charge in [0.15, 0.2) is 0 Å². The minimum Gasteiger partial charge on any atom is -0.495 e. The van der Waals surface area contributed by atoms with E-state index >= 15 is 0 Å². The summed E-state index contributed by atoms with van der Waals surface area (Å²) in [5.41, 5.74) is 7.18. The molecule has 0 aliphatic carbocycles. The summed E-state index contributed by atoms with van der Waals surface area (Å²) in [7, 11) is 1.69. The summed E-state index contributed by atoms with van der Waals surface area (Å²) in [6.45, 7) is 5.71. The molecule has 1 aliphatic rings. The van der Waals surface area contributed by atoms with Gasteiger partial charge in [-0.1, -0.05) is 36.4 Å². The first-order chi connectivity index (χ1) is 20.5. The molecule has 1 saturated heterocycles. The fraction of sp³-hybridized carbons (Fsp3) is 0.200. The second-order valence-corrected chi connectivity index (χ2v) is 10.7. The Balaban J connectivity index is 1.26. The number of piperazine rings is 1. The number of nitrogens with zero attached hydrogens (tertiary/aromatic N) is 5. The Morgan fingerprint density at radius 3 is 2.17 bits per heavy atom. The highest BCUT2D eigenvalue weighted by atomic mass is 16.5. The fourth-order valence-corrected chi connectivity index (χ4v) is 6.01. The van der Waals surface area contributed by atoms with Crippen LogP contribution in [-0.2, 0) is 0 Å². The normalized spacial score (nSPS) is 16.7. The molecule has 3 aromatic carbocycles. The summed E-state index contributed by atoms with van der Waals surface area (Å²) in [6, 6.07) is 27.9. The van der Waals surface area contributed by atoms with Crippen molar-refractivity contribution in [2.75, 3.05) is 25.1 Å². The number of methoxy groups -OCH3 is 1. The van der Waals surface area contributed by atoms with Gasteiger partial charge in [0.05, 0.1) is 24.3 Å². The molecular formula is C35H31N5O2. The molecule has 42 heavy (non-hydrogen) atoms. The van der Waals surface area contributed by atoms with Crippen molar-refractivity contribution in [3.05, 3.63) is 109 Å². The van der Waals surface area contributed by atoms with Crippen LogP contribution in [0.1, 0.15) is 29.8 Å². The fourth-order valence-electron chi connectivity index (χ4n) is 6.01. The maximum Gasteiger partial charge on any atom is 0.254 e. The third-order valence-corrected chi connectivity index (χ3v) is 8.00. The van der Waals surface area contributed by atoms with E-state index in [1.54, 1.807) is 31.6 Å². The Hall–Kier alpha value is -5.22. The molecule has 0 saturated carbocycles. The maximum absolute atomic E-state index is 13.2. The molecule has 0 bridgehead atoms. The average Bonchev–Trinajstić information content (AvgIpc) is 3.04. The van der Waals surface area contributed by atoms with Gasteiger partial charge in [0.2, 0.25) is 0 Å². The number of carbonyl (C=O) groups is 1. The predicted octanol–water partition coefficient (Wildman–Crippen LogP) is 6.58. The Morgan fingerprint density at radius 1 is 0.881 bits per heavy atom. The Labute approximate surface area is 245 Å². The van der Waals surface area contributed by atoms with Crippen LogP contribution in [0.3, 0.4) is 0 Å². The van der Waals surface area contributed by atoms with Crippen molar-refractivity contribution in [2.45, 2.75) is 25.9 Å². The van der Waals surface area contributed by atoms with E-state index in [9.17, 15) is 4.79 Å². The van der Waals surface area contributed by atoms with Crippen LogP contribution in [0.2, 0.25) is 0 Å². The minimum absolute atomic E-state index is 0.0469. The summed E-state index contributed by atoms with van der Waals surface area (Å²) in [4.78, 5) is 26.4. The van der Waals surface area contributed by atoms with Gasteiger partial charge in [-0.2, -0.15) is 5.26 Å². The van der Waals surface area contributed by atoms with Gasteiger partial charge < -0.3 is 14.5 Å². The molecule has 2 atom stereocenters. The molecule has 7 nitrogen and oxygen atoms in total. The topological polar surface area (TPSA) is 82.3 Å². The number of fused-ring (bicyclic) bond motifs is 1. The first-order valence-electron chi connectivity index (χ1n) is 14.0. The van der Waals surface area contributed by atoms with E-state index in [1.165, 1.54) is 0 Å². The highest BCUT2D eigenvalue weighted by molar-refractivity contribution is 6.00. The number of aromatic nitrogens is 2. The number of hydrogen-bond donors (Lipinski definition) is 0. The zero-order valence-corrected chi connectivity index (χ0v) is 23.9. The Bertz CT molecular complexity index is 1770. The number of rotatable bonds is 5. The quantitative estimate of drug-likeness (QED) is 0.244. The van der Waals surface area contributed by atoms with Crippen LogP contribution in [0.25, 0.3) is 33.2 Å². The van der Waals surface area contributed by atoms with Gasteiger partial charge in [0.25, 0.3) is 5.91 Å². The summed E-state index contributed by atoms with van der Waals surface area (Å²) in [5, 5.41) is 10.1. The van der Waals surface area contributed by atoms with E-state index in [0.29, 0.717) is 11.1 Å². The van der Waals surface area contributed by atoms with Crippen LogP contribution < -0.4 is 9.64 Å². The van der Waals surface area contributed by atoms with Crippen molar-refractivity contribution >= 4 is 22.5 Å². The molecule has 2 aromatic heterocycles.